The normalized spacial score (nSPS) is 38.2. The number of Topliss-reactive ketones (excluding diaryl/α,β-unsaturated/α-hetero) is 1. The fraction of sp³-hybridized carbons (Fsp3) is 0.643. The first-order valence-electron chi connectivity index (χ1n) is 6.61. The molecule has 0 aromatic heterocycles. The van der Waals surface area contributed by atoms with Crippen LogP contribution in [0.25, 0.3) is 0 Å². The second kappa shape index (κ2) is 4.56. The summed E-state index contributed by atoms with van der Waals surface area (Å²) in [5, 5.41) is 0. The predicted octanol–water partition coefficient (Wildman–Crippen LogP) is 1.02. The lowest BCUT2D eigenvalue weighted by Crippen LogP contribution is -2.33. The van der Waals surface area contributed by atoms with Crippen LogP contribution in [0.15, 0.2) is 11.6 Å². The smallest absolute Gasteiger partial charge is 0.318 e. The van der Waals surface area contributed by atoms with Crippen LogP contribution in [0.2, 0.25) is 0 Å². The number of hydrogen-bond acceptors (Lipinski definition) is 5. The van der Waals surface area contributed by atoms with E-state index in [1.807, 2.05) is 6.08 Å². The van der Waals surface area contributed by atoms with Gasteiger partial charge < -0.3 is 9.47 Å². The van der Waals surface area contributed by atoms with Crippen LogP contribution in [0.4, 0.5) is 0 Å². The zero-order chi connectivity index (χ0) is 13.6. The summed E-state index contributed by atoms with van der Waals surface area (Å²) in [6.45, 7) is 0. The first-order valence-corrected chi connectivity index (χ1v) is 6.61. The number of hydrogen-bond donors (Lipinski definition) is 0. The van der Waals surface area contributed by atoms with E-state index in [-0.39, 0.29) is 17.6 Å². The number of esters is 2. The van der Waals surface area contributed by atoms with Crippen molar-refractivity contribution in [1.29, 1.82) is 0 Å². The molecule has 1 heterocycles. The fourth-order valence-electron chi connectivity index (χ4n) is 3.51. The van der Waals surface area contributed by atoms with Crippen molar-refractivity contribution in [2.45, 2.75) is 31.8 Å². The molecule has 19 heavy (non-hydrogen) atoms. The molecule has 0 radical (unpaired) electrons. The maximum absolute atomic E-state index is 11.9. The van der Waals surface area contributed by atoms with Crippen molar-refractivity contribution >= 4 is 17.7 Å². The highest BCUT2D eigenvalue weighted by atomic mass is 16.6. The van der Waals surface area contributed by atoms with Gasteiger partial charge in [0.15, 0.2) is 5.78 Å². The lowest BCUT2D eigenvalue weighted by atomic mass is 9.71. The zero-order valence-electron chi connectivity index (χ0n) is 10.8. The van der Waals surface area contributed by atoms with E-state index < -0.39 is 24.0 Å². The maximum atomic E-state index is 11.9. The van der Waals surface area contributed by atoms with Crippen LogP contribution in [0.5, 0.6) is 0 Å². The van der Waals surface area contributed by atoms with Crippen molar-refractivity contribution in [3.63, 3.8) is 0 Å². The van der Waals surface area contributed by atoms with Crippen molar-refractivity contribution in [2.75, 3.05) is 7.11 Å². The van der Waals surface area contributed by atoms with Gasteiger partial charge in [-0.25, -0.2) is 0 Å². The van der Waals surface area contributed by atoms with Gasteiger partial charge in [0, 0.05) is 13.5 Å². The molecule has 5 nitrogen and oxygen atoms in total. The van der Waals surface area contributed by atoms with Crippen molar-refractivity contribution in [3.8, 4) is 0 Å². The van der Waals surface area contributed by atoms with Gasteiger partial charge in [0.2, 0.25) is 0 Å². The second-order valence-corrected chi connectivity index (χ2v) is 5.42. The highest BCUT2D eigenvalue weighted by molar-refractivity contribution is 5.97. The third-order valence-electron chi connectivity index (χ3n) is 4.53. The quantitative estimate of drug-likeness (QED) is 0.402. The Morgan fingerprint density at radius 2 is 1.95 bits per heavy atom. The Morgan fingerprint density at radius 1 is 1.16 bits per heavy atom. The van der Waals surface area contributed by atoms with Crippen LogP contribution in [-0.4, -0.2) is 30.9 Å². The lowest BCUT2D eigenvalue weighted by Gasteiger charge is -2.30. The molecule has 3 aliphatic rings. The number of cyclic esters (lactones) is 2. The first kappa shape index (κ1) is 12.5. The van der Waals surface area contributed by atoms with Crippen LogP contribution in [0.1, 0.15) is 25.7 Å². The summed E-state index contributed by atoms with van der Waals surface area (Å²) in [6.07, 6.45) is 3.67. The third-order valence-corrected chi connectivity index (χ3v) is 4.53. The number of ketones is 1. The van der Waals surface area contributed by atoms with Crippen molar-refractivity contribution in [2.24, 2.45) is 17.8 Å². The summed E-state index contributed by atoms with van der Waals surface area (Å²) >= 11 is 0. The van der Waals surface area contributed by atoms with Gasteiger partial charge in [-0.2, -0.15) is 0 Å². The van der Waals surface area contributed by atoms with Gasteiger partial charge in [-0.1, -0.05) is 11.6 Å². The third kappa shape index (κ3) is 1.92. The van der Waals surface area contributed by atoms with Gasteiger partial charge in [0.25, 0.3) is 0 Å². The number of carbonyl (C=O) groups excluding carboxylic acids is 3. The Kier molecular flexibility index (Phi) is 3.01. The van der Waals surface area contributed by atoms with Gasteiger partial charge in [-0.05, 0) is 25.2 Å². The summed E-state index contributed by atoms with van der Waals surface area (Å²) < 4.78 is 9.99. The van der Waals surface area contributed by atoms with E-state index in [1.165, 1.54) is 7.11 Å². The molecule has 5 heteroatoms. The summed E-state index contributed by atoms with van der Waals surface area (Å²) in [5.74, 6) is -1.66. The number of allylic oxidation sites excluding steroid dienone is 2. The topological polar surface area (TPSA) is 69.7 Å². The minimum atomic E-state index is -0.474. The molecule has 0 N–H and O–H groups in total. The Morgan fingerprint density at radius 3 is 2.68 bits per heavy atom. The van der Waals surface area contributed by atoms with E-state index in [9.17, 15) is 14.4 Å². The molecule has 0 aromatic carbocycles. The second-order valence-electron chi connectivity index (χ2n) is 5.42. The van der Waals surface area contributed by atoms with Crippen LogP contribution in [0.3, 0.4) is 0 Å². The van der Waals surface area contributed by atoms with E-state index in [1.54, 1.807) is 0 Å². The first-order chi connectivity index (χ1) is 9.11. The molecule has 1 saturated heterocycles. The largest absolute Gasteiger partial charge is 0.393 e. The lowest BCUT2D eigenvalue weighted by molar-refractivity contribution is -0.154. The van der Waals surface area contributed by atoms with E-state index in [0.29, 0.717) is 25.7 Å². The van der Waals surface area contributed by atoms with Gasteiger partial charge in [-0.3, -0.25) is 14.4 Å². The average molecular weight is 264 g/mol. The zero-order valence-corrected chi connectivity index (χ0v) is 10.8. The molecule has 0 amide bonds. The molecule has 2 aliphatic carbocycles. The Hall–Kier alpha value is -1.49. The van der Waals surface area contributed by atoms with E-state index >= 15 is 0 Å². The molecule has 4 atom stereocenters. The van der Waals surface area contributed by atoms with Gasteiger partial charge >= 0.3 is 11.9 Å². The maximum Gasteiger partial charge on any atom is 0.318 e. The van der Waals surface area contributed by atoms with Crippen molar-refractivity contribution in [1.82, 2.24) is 0 Å². The molecular weight excluding hydrogens is 248 g/mol. The summed E-state index contributed by atoms with van der Waals surface area (Å²) in [5.41, 5.74) is 1.11. The number of carbonyl (C=O) groups is 3. The van der Waals surface area contributed by atoms with Gasteiger partial charge in [0.1, 0.15) is 6.10 Å². The fourth-order valence-corrected chi connectivity index (χ4v) is 3.51. The summed E-state index contributed by atoms with van der Waals surface area (Å²) in [4.78, 5) is 35.4. The predicted molar refractivity (Wildman–Crippen MR) is 63.9 cm³/mol. The molecule has 1 aliphatic heterocycles. The highest BCUT2D eigenvalue weighted by Gasteiger charge is 2.51. The van der Waals surface area contributed by atoms with Crippen LogP contribution >= 0.6 is 0 Å². The molecule has 2 fully saturated rings. The minimum Gasteiger partial charge on any atom is -0.393 e. The molecule has 0 aromatic rings. The molecule has 0 bridgehead atoms. The summed E-state index contributed by atoms with van der Waals surface area (Å²) in [7, 11) is 1.51. The molecule has 0 unspecified atom stereocenters. The van der Waals surface area contributed by atoms with Crippen LogP contribution in [-0.2, 0) is 23.9 Å². The SMILES string of the molecule is CO[C@H]1C[C@@H]2C(=CC[C@@H]3C(=O)OC(=O)[C@@H]32)CCC1=O. The minimum absolute atomic E-state index is 0.0760. The number of methoxy groups -OCH3 is 1. The monoisotopic (exact) mass is 264 g/mol. The van der Waals surface area contributed by atoms with Crippen LogP contribution < -0.4 is 0 Å². The molecule has 3 rings (SSSR count). The van der Waals surface area contributed by atoms with E-state index in [2.05, 4.69) is 0 Å². The number of fused-ring (bicyclic) bond motifs is 3. The molecule has 0 spiro atoms. The summed E-state index contributed by atoms with van der Waals surface area (Å²) in [6, 6.07) is 0. The highest BCUT2D eigenvalue weighted by Crippen LogP contribution is 2.45. The van der Waals surface area contributed by atoms with Crippen molar-refractivity contribution in [3.05, 3.63) is 11.6 Å². The van der Waals surface area contributed by atoms with Gasteiger partial charge in [-0.15, -0.1) is 0 Å². The molecular formula is C14H16O5. The van der Waals surface area contributed by atoms with Gasteiger partial charge in [0.05, 0.1) is 11.8 Å². The van der Waals surface area contributed by atoms with Crippen molar-refractivity contribution < 1.29 is 23.9 Å². The Bertz CT molecular complexity index is 478. The Labute approximate surface area is 110 Å². The molecule has 1 saturated carbocycles. The molecule has 102 valence electrons. The van der Waals surface area contributed by atoms with E-state index in [4.69, 9.17) is 9.47 Å². The standard InChI is InChI=1S/C14H16O5/c1-18-11-6-9-7(3-5-10(11)15)2-4-8-12(9)14(17)19-13(8)16/h2,8-9,11-12H,3-6H2,1H3/t8-,9+,11-,12-/m0/s1. The van der Waals surface area contributed by atoms with Crippen LogP contribution in [0, 0.1) is 17.8 Å². The van der Waals surface area contributed by atoms with E-state index in [0.717, 1.165) is 5.57 Å². The number of ether oxygens (including phenoxy) is 2. The Balaban J connectivity index is 1.94. The number of rotatable bonds is 1. The average Bonchev–Trinajstić information content (AvgIpc) is 2.58.